The minimum absolute atomic E-state index is 0. The highest BCUT2D eigenvalue weighted by Gasteiger charge is 1.98. The number of pyridine rings is 2. The summed E-state index contributed by atoms with van der Waals surface area (Å²) in [7, 11) is 0. The summed E-state index contributed by atoms with van der Waals surface area (Å²) >= 11 is 0. The van der Waals surface area contributed by atoms with Gasteiger partial charge in [0.05, 0.1) is 11.4 Å². The average molecular weight is 332 g/mol. The van der Waals surface area contributed by atoms with E-state index >= 15 is 0 Å². The van der Waals surface area contributed by atoms with Crippen LogP contribution >= 0.6 is 12.4 Å². The Bertz CT molecular complexity index is 696. The third-order valence-electron chi connectivity index (χ3n) is 2.80. The Morgan fingerprint density at radius 2 is 1.52 bits per heavy atom. The van der Waals surface area contributed by atoms with Crippen molar-refractivity contribution in [1.82, 2.24) is 15.4 Å². The molecule has 2 aromatic heterocycles. The van der Waals surface area contributed by atoms with Crippen LogP contribution in [0.1, 0.15) is 25.0 Å². The molecular formula is C15H18ClN7. The minimum Gasteiger partial charge on any atom is -0.367 e. The van der Waals surface area contributed by atoms with Crippen molar-refractivity contribution < 1.29 is 0 Å². The molecule has 0 aromatic carbocycles. The van der Waals surface area contributed by atoms with E-state index in [2.05, 4.69) is 30.7 Å². The molecular weight excluding hydrogens is 314 g/mol. The number of nitrogens with two attached hydrogens (primary N) is 1. The van der Waals surface area contributed by atoms with Crippen LogP contribution < -0.4 is 11.2 Å². The second-order valence-corrected chi connectivity index (χ2v) is 4.46. The van der Waals surface area contributed by atoms with E-state index in [0.29, 0.717) is 5.71 Å². The number of hydrogen-bond acceptors (Lipinski definition) is 5. The van der Waals surface area contributed by atoms with E-state index in [0.717, 1.165) is 16.8 Å². The quantitative estimate of drug-likeness (QED) is 0.508. The highest BCUT2D eigenvalue weighted by atomic mass is 35.5. The normalized spacial score (nSPS) is 12.5. The Balaban J connectivity index is 0.00000264. The van der Waals surface area contributed by atoms with Crippen LogP contribution in [-0.2, 0) is 0 Å². The van der Waals surface area contributed by atoms with Gasteiger partial charge in [-0.25, -0.2) is 5.43 Å². The van der Waals surface area contributed by atoms with Gasteiger partial charge in [-0.05, 0) is 26.0 Å². The molecule has 0 aliphatic rings. The first-order chi connectivity index (χ1) is 10.7. The third kappa shape index (κ3) is 5.84. The molecule has 0 bridgehead atoms. The molecule has 0 spiro atoms. The van der Waals surface area contributed by atoms with Crippen molar-refractivity contribution in [3.05, 3.63) is 60.2 Å². The molecule has 120 valence electrons. The van der Waals surface area contributed by atoms with Crippen molar-refractivity contribution in [2.75, 3.05) is 0 Å². The average Bonchev–Trinajstić information content (AvgIpc) is 2.59. The van der Waals surface area contributed by atoms with Crippen molar-refractivity contribution in [3.8, 4) is 0 Å². The first-order valence-corrected chi connectivity index (χ1v) is 6.65. The Morgan fingerprint density at radius 3 is 2.04 bits per heavy atom. The number of halogens is 1. The molecule has 0 saturated heterocycles. The van der Waals surface area contributed by atoms with Crippen LogP contribution in [0.25, 0.3) is 0 Å². The van der Waals surface area contributed by atoms with Crippen molar-refractivity contribution in [2.45, 2.75) is 13.8 Å². The molecule has 0 fully saturated rings. The summed E-state index contributed by atoms with van der Waals surface area (Å²) in [5, 5.41) is 12.1. The van der Waals surface area contributed by atoms with Gasteiger partial charge in [-0.2, -0.15) is 10.2 Å². The second-order valence-electron chi connectivity index (χ2n) is 4.46. The first-order valence-electron chi connectivity index (χ1n) is 6.65. The SMILES string of the molecule is C/C(=N/N=C(/N)N/N=C(/C)c1cccnc1)c1cccnc1.Cl. The standard InChI is InChI=1S/C15H17N7.ClH/c1-11(13-5-3-7-17-9-13)19-21-15(16)22-20-12(2)14-6-4-8-18-10-14;/h3-10H,1-2H3,(H3,16,21,22);1H/b19-11-,20-12-;. The Labute approximate surface area is 140 Å². The summed E-state index contributed by atoms with van der Waals surface area (Å²) in [6.07, 6.45) is 6.84. The van der Waals surface area contributed by atoms with E-state index in [1.165, 1.54) is 0 Å². The molecule has 2 aromatic rings. The number of hydrazone groups is 1. The monoisotopic (exact) mass is 331 g/mol. The van der Waals surface area contributed by atoms with Crippen LogP contribution in [0.3, 0.4) is 0 Å². The van der Waals surface area contributed by atoms with Gasteiger partial charge in [-0.3, -0.25) is 9.97 Å². The fourth-order valence-corrected chi connectivity index (χ4v) is 1.57. The van der Waals surface area contributed by atoms with Gasteiger partial charge >= 0.3 is 0 Å². The Hall–Kier alpha value is -2.80. The highest BCUT2D eigenvalue weighted by molar-refractivity contribution is 5.99. The van der Waals surface area contributed by atoms with Gasteiger partial charge < -0.3 is 5.73 Å². The van der Waals surface area contributed by atoms with Gasteiger partial charge in [0, 0.05) is 35.9 Å². The summed E-state index contributed by atoms with van der Waals surface area (Å²) in [6, 6.07) is 7.48. The zero-order valence-electron chi connectivity index (χ0n) is 12.8. The largest absolute Gasteiger partial charge is 0.367 e. The van der Waals surface area contributed by atoms with Crippen molar-refractivity contribution >= 4 is 29.8 Å². The summed E-state index contributed by atoms with van der Waals surface area (Å²) < 4.78 is 0. The maximum absolute atomic E-state index is 5.72. The third-order valence-corrected chi connectivity index (χ3v) is 2.80. The maximum Gasteiger partial charge on any atom is 0.234 e. The number of hydrogen-bond donors (Lipinski definition) is 2. The molecule has 0 aliphatic carbocycles. The summed E-state index contributed by atoms with van der Waals surface area (Å²) in [4.78, 5) is 8.05. The number of nitrogens with zero attached hydrogens (tertiary/aromatic N) is 5. The molecule has 3 N–H and O–H groups in total. The topological polar surface area (TPSA) is 101 Å². The van der Waals surface area contributed by atoms with Gasteiger partial charge in [-0.15, -0.1) is 17.5 Å². The fraction of sp³-hybridized carbons (Fsp3) is 0.133. The number of nitrogens with one attached hydrogen (secondary N) is 1. The molecule has 0 atom stereocenters. The van der Waals surface area contributed by atoms with Crippen LogP contribution in [0.2, 0.25) is 0 Å². The zero-order valence-corrected chi connectivity index (χ0v) is 13.7. The summed E-state index contributed by atoms with van der Waals surface area (Å²) in [5.74, 6) is 0.103. The molecule has 0 amide bonds. The van der Waals surface area contributed by atoms with Crippen molar-refractivity contribution in [2.24, 2.45) is 21.0 Å². The summed E-state index contributed by atoms with van der Waals surface area (Å²) in [6.45, 7) is 3.68. The van der Waals surface area contributed by atoms with Gasteiger partial charge in [-0.1, -0.05) is 12.1 Å². The minimum atomic E-state index is 0. The van der Waals surface area contributed by atoms with E-state index in [9.17, 15) is 0 Å². The highest BCUT2D eigenvalue weighted by Crippen LogP contribution is 1.99. The maximum atomic E-state index is 5.72. The second kappa shape index (κ2) is 9.26. The van der Waals surface area contributed by atoms with Crippen molar-refractivity contribution in [3.63, 3.8) is 0 Å². The predicted molar refractivity (Wildman–Crippen MR) is 94.9 cm³/mol. The molecule has 7 nitrogen and oxygen atoms in total. The molecule has 23 heavy (non-hydrogen) atoms. The Kier molecular flexibility index (Phi) is 7.35. The number of guanidine groups is 1. The van der Waals surface area contributed by atoms with Crippen LogP contribution in [0.5, 0.6) is 0 Å². The van der Waals surface area contributed by atoms with Gasteiger partial charge in [0.2, 0.25) is 5.96 Å². The van der Waals surface area contributed by atoms with Gasteiger partial charge in [0.25, 0.3) is 0 Å². The summed E-state index contributed by atoms with van der Waals surface area (Å²) in [5.41, 5.74) is 11.6. The number of rotatable bonds is 4. The van der Waals surface area contributed by atoms with Gasteiger partial charge in [0.15, 0.2) is 0 Å². The molecule has 2 heterocycles. The lowest BCUT2D eigenvalue weighted by atomic mass is 10.2. The van der Waals surface area contributed by atoms with Crippen LogP contribution in [0.15, 0.2) is 64.4 Å². The van der Waals surface area contributed by atoms with E-state index in [1.807, 2.05) is 38.1 Å². The Morgan fingerprint density at radius 1 is 0.957 bits per heavy atom. The van der Waals surface area contributed by atoms with Crippen molar-refractivity contribution in [1.29, 1.82) is 0 Å². The van der Waals surface area contributed by atoms with Crippen LogP contribution in [0.4, 0.5) is 0 Å². The first kappa shape index (κ1) is 18.2. The van der Waals surface area contributed by atoms with E-state index in [4.69, 9.17) is 5.73 Å². The molecule has 0 unspecified atom stereocenters. The molecule has 0 saturated carbocycles. The lowest BCUT2D eigenvalue weighted by Gasteiger charge is -2.01. The van der Waals surface area contributed by atoms with E-state index in [-0.39, 0.29) is 18.4 Å². The molecule has 0 aliphatic heterocycles. The van der Waals surface area contributed by atoms with E-state index < -0.39 is 0 Å². The van der Waals surface area contributed by atoms with Gasteiger partial charge in [0.1, 0.15) is 0 Å². The lowest BCUT2D eigenvalue weighted by Crippen LogP contribution is -2.27. The fourth-order valence-electron chi connectivity index (χ4n) is 1.57. The smallest absolute Gasteiger partial charge is 0.234 e. The van der Waals surface area contributed by atoms with E-state index in [1.54, 1.807) is 24.8 Å². The van der Waals surface area contributed by atoms with Crippen LogP contribution in [0, 0.1) is 0 Å². The molecule has 2 rings (SSSR count). The molecule has 8 heteroatoms. The zero-order chi connectivity index (χ0) is 15.8. The predicted octanol–water partition coefficient (Wildman–Crippen LogP) is 1.95. The molecule has 0 radical (unpaired) electrons. The van der Waals surface area contributed by atoms with Crippen LogP contribution in [-0.4, -0.2) is 27.4 Å². The number of aromatic nitrogens is 2. The lowest BCUT2D eigenvalue weighted by molar-refractivity contribution is 0.982.